The largest absolute Gasteiger partial charge is 0.487 e. The predicted molar refractivity (Wildman–Crippen MR) is 85.1 cm³/mol. The Hall–Kier alpha value is -2.47. The van der Waals surface area contributed by atoms with E-state index in [-0.39, 0.29) is 5.78 Å². The summed E-state index contributed by atoms with van der Waals surface area (Å²) < 4.78 is 7.45. The lowest BCUT2D eigenvalue weighted by Crippen LogP contribution is -1.97. The average molecular weight is 313 g/mol. The zero-order chi connectivity index (χ0) is 15.5. The van der Waals surface area contributed by atoms with Crippen LogP contribution in [0.15, 0.2) is 42.0 Å². The van der Waals surface area contributed by atoms with Crippen LogP contribution in [0.4, 0.5) is 0 Å². The van der Waals surface area contributed by atoms with Gasteiger partial charge in [-0.15, -0.1) is 11.3 Å². The van der Waals surface area contributed by atoms with E-state index in [0.29, 0.717) is 12.2 Å². The first-order chi connectivity index (χ1) is 10.6. The first-order valence-corrected chi connectivity index (χ1v) is 7.67. The van der Waals surface area contributed by atoms with Gasteiger partial charge in [0.25, 0.3) is 0 Å². The fourth-order valence-electron chi connectivity index (χ4n) is 1.98. The zero-order valence-corrected chi connectivity index (χ0v) is 13.1. The number of rotatable bonds is 5. The highest BCUT2D eigenvalue weighted by atomic mass is 32.1. The van der Waals surface area contributed by atoms with Crippen molar-refractivity contribution in [1.29, 1.82) is 0 Å². The monoisotopic (exact) mass is 313 g/mol. The number of hydrogen-bond donors (Lipinski definition) is 0. The molecule has 3 rings (SSSR count). The molecule has 0 unspecified atom stereocenters. The molecule has 0 saturated heterocycles. The Labute approximate surface area is 132 Å². The number of carbonyl (C=O) groups is 1. The highest BCUT2D eigenvalue weighted by Crippen LogP contribution is 2.23. The van der Waals surface area contributed by atoms with Gasteiger partial charge in [0.2, 0.25) is 0 Å². The summed E-state index contributed by atoms with van der Waals surface area (Å²) >= 11 is 1.57. The molecule has 0 saturated carbocycles. The second-order valence-electron chi connectivity index (χ2n) is 4.92. The molecule has 5 nitrogen and oxygen atoms in total. The van der Waals surface area contributed by atoms with Gasteiger partial charge in [-0.1, -0.05) is 0 Å². The summed E-state index contributed by atoms with van der Waals surface area (Å²) in [6, 6.07) is 7.12. The number of aromatic nitrogens is 3. The third kappa shape index (κ3) is 3.23. The molecule has 2 aromatic heterocycles. The number of hydrogen-bond acceptors (Lipinski definition) is 5. The summed E-state index contributed by atoms with van der Waals surface area (Å²) in [6.45, 7) is 1.95. The number of ether oxygens (including phenoxy) is 1. The Morgan fingerprint density at radius 1 is 1.32 bits per heavy atom. The average Bonchev–Trinajstić information content (AvgIpc) is 3.14. The molecule has 2 heterocycles. The lowest BCUT2D eigenvalue weighted by Gasteiger charge is -2.04. The summed E-state index contributed by atoms with van der Waals surface area (Å²) in [7, 11) is 1.88. The molecule has 1 aromatic carbocycles. The van der Waals surface area contributed by atoms with Crippen LogP contribution < -0.4 is 4.74 Å². The molecular formula is C16H15N3O2S. The highest BCUT2D eigenvalue weighted by molar-refractivity contribution is 7.13. The molecule has 0 N–H and O–H groups in total. The first-order valence-electron chi connectivity index (χ1n) is 6.79. The number of nitrogens with zero attached hydrogens (tertiary/aromatic N) is 3. The first kappa shape index (κ1) is 14.5. The summed E-state index contributed by atoms with van der Waals surface area (Å²) in [6.07, 6.45) is 3.73. The molecule has 3 aromatic rings. The topological polar surface area (TPSA) is 57.0 Å². The summed E-state index contributed by atoms with van der Waals surface area (Å²) in [4.78, 5) is 15.8. The minimum atomic E-state index is 0.0483. The lowest BCUT2D eigenvalue weighted by molar-refractivity contribution is 0.101. The maximum absolute atomic E-state index is 11.2. The van der Waals surface area contributed by atoms with Crippen molar-refractivity contribution < 1.29 is 9.53 Å². The van der Waals surface area contributed by atoms with E-state index < -0.39 is 0 Å². The molecule has 0 aliphatic heterocycles. The molecule has 6 heteroatoms. The number of thiazole rings is 1. The fourth-order valence-corrected chi connectivity index (χ4v) is 2.76. The number of benzene rings is 1. The molecule has 0 amide bonds. The van der Waals surface area contributed by atoms with Crippen LogP contribution >= 0.6 is 11.3 Å². The van der Waals surface area contributed by atoms with Gasteiger partial charge in [-0.05, 0) is 31.2 Å². The third-order valence-electron chi connectivity index (χ3n) is 3.15. The van der Waals surface area contributed by atoms with E-state index in [1.54, 1.807) is 53.4 Å². The Morgan fingerprint density at radius 3 is 2.73 bits per heavy atom. The Kier molecular flexibility index (Phi) is 4.02. The number of Topliss-reactive ketones (excluding diaryl/α,β-unsaturated/α-hetero) is 1. The van der Waals surface area contributed by atoms with E-state index in [9.17, 15) is 4.79 Å². The van der Waals surface area contributed by atoms with Crippen molar-refractivity contribution >= 4 is 17.1 Å². The van der Waals surface area contributed by atoms with Crippen LogP contribution in [0.25, 0.3) is 10.6 Å². The maximum Gasteiger partial charge on any atom is 0.159 e. The second kappa shape index (κ2) is 6.11. The van der Waals surface area contributed by atoms with Crippen molar-refractivity contribution in [3.8, 4) is 16.3 Å². The van der Waals surface area contributed by atoms with Gasteiger partial charge in [0.15, 0.2) is 5.78 Å². The third-order valence-corrected chi connectivity index (χ3v) is 4.09. The minimum Gasteiger partial charge on any atom is -0.487 e. The molecule has 0 aliphatic carbocycles. The predicted octanol–water partition coefficient (Wildman–Crippen LogP) is 3.33. The minimum absolute atomic E-state index is 0.0483. The molecule has 0 spiro atoms. The Bertz CT molecular complexity index is 790. The summed E-state index contributed by atoms with van der Waals surface area (Å²) in [5.41, 5.74) is 2.56. The lowest BCUT2D eigenvalue weighted by atomic mass is 10.1. The fraction of sp³-hybridized carbons (Fsp3) is 0.188. The van der Waals surface area contributed by atoms with Crippen molar-refractivity contribution in [2.75, 3.05) is 0 Å². The van der Waals surface area contributed by atoms with Crippen molar-refractivity contribution in [3.63, 3.8) is 0 Å². The van der Waals surface area contributed by atoms with Gasteiger partial charge >= 0.3 is 0 Å². The van der Waals surface area contributed by atoms with Gasteiger partial charge in [-0.3, -0.25) is 9.48 Å². The normalized spacial score (nSPS) is 10.6. The van der Waals surface area contributed by atoms with Crippen LogP contribution in [0, 0.1) is 0 Å². The molecule has 0 radical (unpaired) electrons. The smallest absolute Gasteiger partial charge is 0.159 e. The molecule has 0 aliphatic rings. The van der Waals surface area contributed by atoms with Gasteiger partial charge in [-0.25, -0.2) is 4.98 Å². The van der Waals surface area contributed by atoms with E-state index in [2.05, 4.69) is 10.1 Å². The van der Waals surface area contributed by atoms with E-state index in [4.69, 9.17) is 4.74 Å². The SMILES string of the molecule is CC(=O)c1ccc(OCc2csc(-c3cnn(C)c3)n2)cc1. The van der Waals surface area contributed by atoms with Gasteiger partial charge < -0.3 is 4.74 Å². The molecule has 0 atom stereocenters. The molecule has 22 heavy (non-hydrogen) atoms. The van der Waals surface area contributed by atoms with Crippen LogP contribution in [-0.4, -0.2) is 20.5 Å². The van der Waals surface area contributed by atoms with E-state index >= 15 is 0 Å². The van der Waals surface area contributed by atoms with Crippen LogP contribution in [0.5, 0.6) is 5.75 Å². The van der Waals surface area contributed by atoms with Gasteiger partial charge in [0, 0.05) is 29.8 Å². The van der Waals surface area contributed by atoms with Crippen LogP contribution in [0.1, 0.15) is 23.0 Å². The Morgan fingerprint density at radius 2 is 2.09 bits per heavy atom. The van der Waals surface area contributed by atoms with Crippen LogP contribution in [0.2, 0.25) is 0 Å². The van der Waals surface area contributed by atoms with E-state index in [1.165, 1.54) is 0 Å². The van der Waals surface area contributed by atoms with Crippen molar-refractivity contribution in [3.05, 3.63) is 53.3 Å². The van der Waals surface area contributed by atoms with Crippen LogP contribution in [0.3, 0.4) is 0 Å². The summed E-state index contributed by atoms with van der Waals surface area (Å²) in [5, 5.41) is 7.05. The second-order valence-corrected chi connectivity index (χ2v) is 5.77. The number of carbonyl (C=O) groups excluding carboxylic acids is 1. The van der Waals surface area contributed by atoms with E-state index in [0.717, 1.165) is 22.0 Å². The van der Waals surface area contributed by atoms with Crippen LogP contribution in [-0.2, 0) is 13.7 Å². The molecular weight excluding hydrogens is 298 g/mol. The zero-order valence-electron chi connectivity index (χ0n) is 12.3. The highest BCUT2D eigenvalue weighted by Gasteiger charge is 2.07. The van der Waals surface area contributed by atoms with Gasteiger partial charge in [-0.2, -0.15) is 5.10 Å². The summed E-state index contributed by atoms with van der Waals surface area (Å²) in [5.74, 6) is 0.771. The van der Waals surface area contributed by atoms with Crippen molar-refractivity contribution in [2.24, 2.45) is 7.05 Å². The number of aryl methyl sites for hydroxylation is 1. The Balaban J connectivity index is 1.64. The van der Waals surface area contributed by atoms with Gasteiger partial charge in [0.05, 0.1) is 11.9 Å². The molecule has 0 fully saturated rings. The number of ketones is 1. The quantitative estimate of drug-likeness (QED) is 0.678. The standard InChI is InChI=1S/C16H15N3O2S/c1-11(20)12-3-5-15(6-4-12)21-9-14-10-22-16(18-14)13-7-17-19(2)8-13/h3-8,10H,9H2,1-2H3. The van der Waals surface area contributed by atoms with Crippen molar-refractivity contribution in [2.45, 2.75) is 13.5 Å². The van der Waals surface area contributed by atoms with Crippen molar-refractivity contribution in [1.82, 2.24) is 14.8 Å². The molecule has 112 valence electrons. The molecule has 0 bridgehead atoms. The van der Waals surface area contributed by atoms with E-state index in [1.807, 2.05) is 18.6 Å². The van der Waals surface area contributed by atoms with Gasteiger partial charge in [0.1, 0.15) is 17.4 Å². The maximum atomic E-state index is 11.2.